The lowest BCUT2D eigenvalue weighted by molar-refractivity contribution is -0.124. The Morgan fingerprint density at radius 3 is 2.18 bits per heavy atom. The standard InChI is InChI=1S/C27H35N3O4/c1-4-27(2,3)21-12-16-23(17-13-21)34-18-24(31)29-30-26(33)20-10-14-22(15-11-20)28-25(32)19-8-6-5-7-9-19/h10-17,19H,4-9,18H2,1-3H3,(H,28,32)(H,29,31)(H,30,33). The van der Waals surface area contributed by atoms with Gasteiger partial charge in [-0.3, -0.25) is 25.2 Å². The van der Waals surface area contributed by atoms with E-state index >= 15 is 0 Å². The van der Waals surface area contributed by atoms with E-state index in [9.17, 15) is 14.4 Å². The van der Waals surface area contributed by atoms with Crippen LogP contribution in [0.15, 0.2) is 48.5 Å². The summed E-state index contributed by atoms with van der Waals surface area (Å²) in [6.45, 7) is 6.29. The van der Waals surface area contributed by atoms with Crippen LogP contribution in [-0.2, 0) is 15.0 Å². The van der Waals surface area contributed by atoms with E-state index in [-0.39, 0.29) is 23.8 Å². The van der Waals surface area contributed by atoms with E-state index in [1.165, 1.54) is 12.0 Å². The van der Waals surface area contributed by atoms with E-state index in [0.717, 1.165) is 32.1 Å². The maximum Gasteiger partial charge on any atom is 0.276 e. The number of hydrazine groups is 1. The highest BCUT2D eigenvalue weighted by Crippen LogP contribution is 2.28. The van der Waals surface area contributed by atoms with Gasteiger partial charge >= 0.3 is 0 Å². The summed E-state index contributed by atoms with van der Waals surface area (Å²) in [7, 11) is 0. The number of benzene rings is 2. The van der Waals surface area contributed by atoms with Crippen LogP contribution in [0.25, 0.3) is 0 Å². The molecule has 2 aromatic carbocycles. The van der Waals surface area contributed by atoms with E-state index in [0.29, 0.717) is 17.0 Å². The van der Waals surface area contributed by atoms with Crippen LogP contribution in [0.5, 0.6) is 5.75 Å². The third-order valence-electron chi connectivity index (χ3n) is 6.60. The van der Waals surface area contributed by atoms with Gasteiger partial charge in [-0.25, -0.2) is 0 Å². The van der Waals surface area contributed by atoms with Crippen molar-refractivity contribution in [3.8, 4) is 5.75 Å². The highest BCUT2D eigenvalue weighted by atomic mass is 16.5. The van der Waals surface area contributed by atoms with Gasteiger partial charge in [-0.05, 0) is 66.6 Å². The Balaban J connectivity index is 1.41. The molecule has 0 aliphatic heterocycles. The van der Waals surface area contributed by atoms with Crippen molar-refractivity contribution in [2.24, 2.45) is 5.92 Å². The molecule has 0 radical (unpaired) electrons. The second-order valence-electron chi connectivity index (χ2n) is 9.45. The topological polar surface area (TPSA) is 96.5 Å². The van der Waals surface area contributed by atoms with Gasteiger partial charge in [0.05, 0.1) is 0 Å². The molecule has 0 atom stereocenters. The molecule has 1 fully saturated rings. The van der Waals surface area contributed by atoms with Crippen LogP contribution in [0.4, 0.5) is 5.69 Å². The van der Waals surface area contributed by atoms with E-state index in [4.69, 9.17) is 4.74 Å². The molecule has 3 N–H and O–H groups in total. The maximum absolute atomic E-state index is 12.4. The van der Waals surface area contributed by atoms with Crippen LogP contribution in [0.2, 0.25) is 0 Å². The number of carbonyl (C=O) groups is 3. The largest absolute Gasteiger partial charge is 0.484 e. The fraction of sp³-hybridized carbons (Fsp3) is 0.444. The molecule has 7 nitrogen and oxygen atoms in total. The van der Waals surface area contributed by atoms with Crippen LogP contribution >= 0.6 is 0 Å². The highest BCUT2D eigenvalue weighted by molar-refractivity contribution is 5.97. The minimum Gasteiger partial charge on any atom is -0.484 e. The average molecular weight is 466 g/mol. The smallest absolute Gasteiger partial charge is 0.276 e. The summed E-state index contributed by atoms with van der Waals surface area (Å²) in [4.78, 5) is 36.7. The summed E-state index contributed by atoms with van der Waals surface area (Å²) in [6.07, 6.45) is 6.26. The van der Waals surface area contributed by atoms with Gasteiger partial charge < -0.3 is 10.1 Å². The van der Waals surface area contributed by atoms with Crippen LogP contribution in [0.1, 0.15) is 75.2 Å². The summed E-state index contributed by atoms with van der Waals surface area (Å²) in [5.41, 5.74) is 7.04. The molecule has 0 unspecified atom stereocenters. The molecular weight excluding hydrogens is 430 g/mol. The number of hydrogen-bond acceptors (Lipinski definition) is 4. The molecular formula is C27H35N3O4. The fourth-order valence-corrected chi connectivity index (χ4v) is 3.90. The maximum atomic E-state index is 12.4. The molecule has 34 heavy (non-hydrogen) atoms. The predicted molar refractivity (Wildman–Crippen MR) is 133 cm³/mol. The highest BCUT2D eigenvalue weighted by Gasteiger charge is 2.21. The van der Waals surface area contributed by atoms with Crippen molar-refractivity contribution in [2.75, 3.05) is 11.9 Å². The normalized spacial score (nSPS) is 14.2. The average Bonchev–Trinajstić information content (AvgIpc) is 2.87. The van der Waals surface area contributed by atoms with Crippen LogP contribution in [0, 0.1) is 5.92 Å². The van der Waals surface area contributed by atoms with Gasteiger partial charge in [-0.1, -0.05) is 52.2 Å². The van der Waals surface area contributed by atoms with Gasteiger partial charge in [0.15, 0.2) is 6.61 Å². The SMILES string of the molecule is CCC(C)(C)c1ccc(OCC(=O)NNC(=O)c2ccc(NC(=O)C3CCCCC3)cc2)cc1. The quantitative estimate of drug-likeness (QED) is 0.491. The van der Waals surface area contributed by atoms with Crippen molar-refractivity contribution >= 4 is 23.4 Å². The number of rotatable bonds is 8. The molecule has 1 saturated carbocycles. The Hall–Kier alpha value is -3.35. The Bertz CT molecular complexity index is 978. The summed E-state index contributed by atoms with van der Waals surface area (Å²) < 4.78 is 5.51. The molecule has 2 aromatic rings. The summed E-state index contributed by atoms with van der Waals surface area (Å²) in [5, 5.41) is 2.92. The second kappa shape index (κ2) is 11.7. The Morgan fingerprint density at radius 2 is 1.56 bits per heavy atom. The number of amides is 3. The van der Waals surface area contributed by atoms with Crippen molar-refractivity contribution in [3.05, 3.63) is 59.7 Å². The van der Waals surface area contributed by atoms with E-state index in [1.807, 2.05) is 24.3 Å². The molecule has 3 rings (SSSR count). The predicted octanol–water partition coefficient (Wildman–Crippen LogP) is 4.73. The monoisotopic (exact) mass is 465 g/mol. The molecule has 0 bridgehead atoms. The van der Waals surface area contributed by atoms with Crippen LogP contribution in [-0.4, -0.2) is 24.3 Å². The number of hydrogen-bond donors (Lipinski definition) is 3. The molecule has 1 aliphatic carbocycles. The zero-order valence-corrected chi connectivity index (χ0v) is 20.3. The van der Waals surface area contributed by atoms with Crippen LogP contribution in [0.3, 0.4) is 0 Å². The lowest BCUT2D eigenvalue weighted by atomic mass is 9.82. The lowest BCUT2D eigenvalue weighted by Gasteiger charge is -2.23. The summed E-state index contributed by atoms with van der Waals surface area (Å²) in [5.74, 6) is -0.238. The second-order valence-corrected chi connectivity index (χ2v) is 9.45. The van der Waals surface area contributed by atoms with Crippen molar-refractivity contribution < 1.29 is 19.1 Å². The zero-order valence-electron chi connectivity index (χ0n) is 20.3. The number of anilines is 1. The molecule has 1 aliphatic rings. The summed E-state index contributed by atoms with van der Waals surface area (Å²) >= 11 is 0. The molecule has 182 valence electrons. The first-order chi connectivity index (χ1) is 16.3. The number of nitrogens with one attached hydrogen (secondary N) is 3. The van der Waals surface area contributed by atoms with Gasteiger partial charge in [-0.15, -0.1) is 0 Å². The molecule has 3 amide bonds. The first-order valence-electron chi connectivity index (χ1n) is 12.0. The van der Waals surface area contributed by atoms with Crippen molar-refractivity contribution in [1.29, 1.82) is 0 Å². The number of carbonyl (C=O) groups excluding carboxylic acids is 3. The lowest BCUT2D eigenvalue weighted by Crippen LogP contribution is -2.43. The first-order valence-corrected chi connectivity index (χ1v) is 12.0. The Kier molecular flexibility index (Phi) is 8.68. The molecule has 0 heterocycles. The molecule has 0 aromatic heterocycles. The van der Waals surface area contributed by atoms with E-state index < -0.39 is 11.8 Å². The van der Waals surface area contributed by atoms with Gasteiger partial charge in [0.25, 0.3) is 11.8 Å². The van der Waals surface area contributed by atoms with Crippen molar-refractivity contribution in [3.63, 3.8) is 0 Å². The minimum absolute atomic E-state index is 0.0351. The van der Waals surface area contributed by atoms with Crippen molar-refractivity contribution in [1.82, 2.24) is 10.9 Å². The van der Waals surface area contributed by atoms with E-state index in [2.05, 4.69) is 36.9 Å². The Morgan fingerprint density at radius 1 is 0.912 bits per heavy atom. The zero-order chi connectivity index (χ0) is 24.6. The number of ether oxygens (including phenoxy) is 1. The van der Waals surface area contributed by atoms with Gasteiger partial charge in [0.1, 0.15) is 5.75 Å². The first kappa shape index (κ1) is 25.3. The van der Waals surface area contributed by atoms with Crippen molar-refractivity contribution in [2.45, 2.75) is 64.7 Å². The van der Waals surface area contributed by atoms with Crippen LogP contribution < -0.4 is 20.9 Å². The Labute approximate surface area is 201 Å². The van der Waals surface area contributed by atoms with Gasteiger partial charge in [0.2, 0.25) is 5.91 Å². The van der Waals surface area contributed by atoms with Gasteiger partial charge in [0, 0.05) is 17.2 Å². The van der Waals surface area contributed by atoms with E-state index in [1.54, 1.807) is 24.3 Å². The third kappa shape index (κ3) is 7.07. The third-order valence-corrected chi connectivity index (χ3v) is 6.60. The molecule has 7 heteroatoms. The van der Waals surface area contributed by atoms with Gasteiger partial charge in [-0.2, -0.15) is 0 Å². The fourth-order valence-electron chi connectivity index (χ4n) is 3.90. The minimum atomic E-state index is -0.470. The molecule has 0 spiro atoms. The molecule has 0 saturated heterocycles. The summed E-state index contributed by atoms with van der Waals surface area (Å²) in [6, 6.07) is 14.3.